The highest BCUT2D eigenvalue weighted by atomic mass is 15.2. The Hall–Kier alpha value is -0.860. The molecule has 2 aliphatic rings. The van der Waals surface area contributed by atoms with Crippen LogP contribution in [0, 0.1) is 5.41 Å². The monoisotopic (exact) mass is 286 g/mol. The second-order valence-electron chi connectivity index (χ2n) is 8.06. The molecule has 1 aliphatic carbocycles. The highest BCUT2D eigenvalue weighted by Crippen LogP contribution is 2.51. The zero-order chi connectivity index (χ0) is 15.3. The van der Waals surface area contributed by atoms with E-state index in [2.05, 4.69) is 50.8 Å². The Labute approximate surface area is 129 Å². The van der Waals surface area contributed by atoms with Gasteiger partial charge in [0.05, 0.1) is 0 Å². The van der Waals surface area contributed by atoms with E-state index in [0.29, 0.717) is 5.41 Å². The van der Waals surface area contributed by atoms with Gasteiger partial charge in [0.1, 0.15) is 0 Å². The third-order valence-electron chi connectivity index (χ3n) is 5.86. The molecule has 1 aliphatic heterocycles. The second-order valence-corrected chi connectivity index (χ2v) is 8.06. The van der Waals surface area contributed by atoms with Crippen molar-refractivity contribution in [2.45, 2.75) is 65.0 Å². The Bertz CT molecular complexity index is 519. The Morgan fingerprint density at radius 1 is 1.24 bits per heavy atom. The topological polar surface area (TPSA) is 29.3 Å². The second kappa shape index (κ2) is 5.10. The van der Waals surface area contributed by atoms with E-state index in [1.807, 2.05) is 0 Å². The van der Waals surface area contributed by atoms with Crippen molar-refractivity contribution in [3.8, 4) is 0 Å². The van der Waals surface area contributed by atoms with Crippen LogP contribution < -0.4 is 5.73 Å². The van der Waals surface area contributed by atoms with Crippen molar-refractivity contribution in [2.24, 2.45) is 11.1 Å². The molecule has 0 saturated carbocycles. The zero-order valence-corrected chi connectivity index (χ0v) is 14.1. The molecule has 0 amide bonds. The van der Waals surface area contributed by atoms with Gasteiger partial charge in [0.2, 0.25) is 0 Å². The molecular formula is C19H30N2. The summed E-state index contributed by atoms with van der Waals surface area (Å²) in [7, 11) is 0. The number of nitrogens with two attached hydrogens (primary N) is 1. The lowest BCUT2D eigenvalue weighted by molar-refractivity contribution is 0.0345. The molecule has 2 N–H and O–H groups in total. The molecule has 1 saturated heterocycles. The maximum Gasteiger partial charge on any atom is 0.0359 e. The Morgan fingerprint density at radius 2 is 1.90 bits per heavy atom. The van der Waals surface area contributed by atoms with E-state index in [1.165, 1.54) is 49.0 Å². The summed E-state index contributed by atoms with van der Waals surface area (Å²) in [5, 5.41) is 0. The summed E-state index contributed by atoms with van der Waals surface area (Å²) < 4.78 is 0. The van der Waals surface area contributed by atoms with Crippen LogP contribution >= 0.6 is 0 Å². The quantitative estimate of drug-likeness (QED) is 0.853. The highest BCUT2D eigenvalue weighted by Gasteiger charge is 2.46. The molecule has 1 aromatic rings. The Kier molecular flexibility index (Phi) is 3.66. The number of fused-ring (bicyclic) bond motifs is 1. The maximum absolute atomic E-state index is 6.72. The minimum Gasteiger partial charge on any atom is -0.323 e. The molecule has 3 rings (SSSR count). The van der Waals surface area contributed by atoms with Gasteiger partial charge in [0.25, 0.3) is 0 Å². The number of nitrogens with zero attached hydrogens (tertiary/aromatic N) is 1. The van der Waals surface area contributed by atoms with Crippen molar-refractivity contribution in [3.63, 3.8) is 0 Å². The van der Waals surface area contributed by atoms with Crippen molar-refractivity contribution < 1.29 is 0 Å². The smallest absolute Gasteiger partial charge is 0.0359 e. The standard InChI is InChI=1S/C19H30N2/c1-5-14-6-7-15-13-19(17(20)16(15)12-14)8-10-21(11-9-19)18(2,3)4/h6-7,12,17H,5,8-11,13,20H2,1-4H3/t17-/m1/s1. The number of hydrogen-bond donors (Lipinski definition) is 1. The summed E-state index contributed by atoms with van der Waals surface area (Å²) in [6.45, 7) is 11.6. The van der Waals surface area contributed by atoms with Crippen LogP contribution in [0.1, 0.15) is 63.3 Å². The summed E-state index contributed by atoms with van der Waals surface area (Å²) in [5.41, 5.74) is 11.7. The van der Waals surface area contributed by atoms with Gasteiger partial charge in [-0.2, -0.15) is 0 Å². The average molecular weight is 286 g/mol. The van der Waals surface area contributed by atoms with Gasteiger partial charge in [-0.05, 0) is 81.6 Å². The van der Waals surface area contributed by atoms with Gasteiger partial charge in [0, 0.05) is 11.6 Å². The van der Waals surface area contributed by atoms with E-state index in [0.717, 1.165) is 6.42 Å². The summed E-state index contributed by atoms with van der Waals surface area (Å²) in [6, 6.07) is 7.22. The van der Waals surface area contributed by atoms with Crippen LogP contribution in [-0.2, 0) is 12.8 Å². The molecule has 1 aromatic carbocycles. The van der Waals surface area contributed by atoms with Crippen molar-refractivity contribution >= 4 is 0 Å². The molecule has 1 fully saturated rings. The number of rotatable bonds is 1. The van der Waals surface area contributed by atoms with Crippen molar-refractivity contribution in [3.05, 3.63) is 34.9 Å². The maximum atomic E-state index is 6.72. The zero-order valence-electron chi connectivity index (χ0n) is 14.1. The Balaban J connectivity index is 1.80. The fraction of sp³-hybridized carbons (Fsp3) is 0.684. The van der Waals surface area contributed by atoms with E-state index >= 15 is 0 Å². The third kappa shape index (κ3) is 2.53. The average Bonchev–Trinajstić information content (AvgIpc) is 2.71. The molecule has 1 heterocycles. The predicted octanol–water partition coefficient (Wildman–Crippen LogP) is 3.69. The molecule has 0 aromatic heterocycles. The van der Waals surface area contributed by atoms with Crippen LogP contribution in [-0.4, -0.2) is 23.5 Å². The van der Waals surface area contributed by atoms with Gasteiger partial charge in [-0.15, -0.1) is 0 Å². The molecule has 2 heteroatoms. The van der Waals surface area contributed by atoms with Crippen LogP contribution in [0.3, 0.4) is 0 Å². The molecule has 2 nitrogen and oxygen atoms in total. The predicted molar refractivity (Wildman–Crippen MR) is 89.4 cm³/mol. The first-order valence-electron chi connectivity index (χ1n) is 8.48. The summed E-state index contributed by atoms with van der Waals surface area (Å²) in [4.78, 5) is 2.62. The first-order valence-corrected chi connectivity index (χ1v) is 8.48. The minimum absolute atomic E-state index is 0.237. The number of likely N-dealkylation sites (tertiary alicyclic amines) is 1. The fourth-order valence-electron chi connectivity index (χ4n) is 4.24. The Morgan fingerprint density at radius 3 is 2.48 bits per heavy atom. The van der Waals surface area contributed by atoms with Crippen LogP contribution in [0.2, 0.25) is 0 Å². The van der Waals surface area contributed by atoms with Crippen LogP contribution in [0.25, 0.3) is 0 Å². The molecule has 21 heavy (non-hydrogen) atoms. The lowest BCUT2D eigenvalue weighted by Crippen LogP contribution is -2.50. The van der Waals surface area contributed by atoms with Gasteiger partial charge < -0.3 is 5.73 Å². The van der Waals surface area contributed by atoms with Gasteiger partial charge in [0.15, 0.2) is 0 Å². The van der Waals surface area contributed by atoms with Crippen molar-refractivity contribution in [2.75, 3.05) is 13.1 Å². The van der Waals surface area contributed by atoms with Crippen LogP contribution in [0.4, 0.5) is 0 Å². The van der Waals surface area contributed by atoms with Crippen LogP contribution in [0.15, 0.2) is 18.2 Å². The first-order chi connectivity index (χ1) is 9.86. The first kappa shape index (κ1) is 15.1. The van der Waals surface area contributed by atoms with Gasteiger partial charge in [-0.3, -0.25) is 4.90 Å². The van der Waals surface area contributed by atoms with E-state index in [9.17, 15) is 0 Å². The van der Waals surface area contributed by atoms with Gasteiger partial charge in [-0.1, -0.05) is 25.1 Å². The number of aryl methyl sites for hydroxylation is 1. The van der Waals surface area contributed by atoms with Crippen LogP contribution in [0.5, 0.6) is 0 Å². The van der Waals surface area contributed by atoms with Gasteiger partial charge >= 0.3 is 0 Å². The molecule has 0 radical (unpaired) electrons. The molecular weight excluding hydrogens is 256 g/mol. The summed E-state index contributed by atoms with van der Waals surface area (Å²) >= 11 is 0. The molecule has 0 bridgehead atoms. The number of piperidine rings is 1. The van der Waals surface area contributed by atoms with E-state index in [4.69, 9.17) is 5.73 Å². The lowest BCUT2D eigenvalue weighted by atomic mass is 9.72. The third-order valence-corrected chi connectivity index (χ3v) is 5.86. The molecule has 1 atom stereocenters. The number of hydrogen-bond acceptors (Lipinski definition) is 2. The van der Waals surface area contributed by atoms with Crippen molar-refractivity contribution in [1.82, 2.24) is 4.90 Å². The van der Waals surface area contributed by atoms with E-state index in [-0.39, 0.29) is 11.6 Å². The summed E-state index contributed by atoms with van der Waals surface area (Å²) in [6.07, 6.45) is 4.76. The molecule has 0 unspecified atom stereocenters. The normalized spacial score (nSPS) is 25.3. The largest absolute Gasteiger partial charge is 0.323 e. The van der Waals surface area contributed by atoms with E-state index < -0.39 is 0 Å². The summed E-state index contributed by atoms with van der Waals surface area (Å²) in [5.74, 6) is 0. The fourth-order valence-corrected chi connectivity index (χ4v) is 4.24. The van der Waals surface area contributed by atoms with E-state index in [1.54, 1.807) is 0 Å². The lowest BCUT2D eigenvalue weighted by Gasteiger charge is -2.47. The molecule has 116 valence electrons. The minimum atomic E-state index is 0.237. The number of benzene rings is 1. The van der Waals surface area contributed by atoms with Gasteiger partial charge in [-0.25, -0.2) is 0 Å². The SMILES string of the molecule is CCc1ccc2c(c1)[C@@H](N)C1(CCN(C(C)(C)C)CC1)C2. The van der Waals surface area contributed by atoms with Crippen molar-refractivity contribution in [1.29, 1.82) is 0 Å². The molecule has 1 spiro atoms. The highest BCUT2D eigenvalue weighted by molar-refractivity contribution is 5.41.